The molecule has 2 aromatic rings. The molecule has 22 heavy (non-hydrogen) atoms. The van der Waals surface area contributed by atoms with Gasteiger partial charge in [-0.05, 0) is 22.3 Å². The Morgan fingerprint density at radius 1 is 1.09 bits per heavy atom. The average Bonchev–Trinajstić information content (AvgIpc) is 2.87. The van der Waals surface area contributed by atoms with Gasteiger partial charge in [0.05, 0.1) is 0 Å². The summed E-state index contributed by atoms with van der Waals surface area (Å²) >= 11 is 0. The smallest absolute Gasteiger partial charge is 0.381 e. The van der Waals surface area contributed by atoms with E-state index in [1.54, 1.807) is 0 Å². The molecule has 0 heterocycles. The SMILES string of the molecule is O=COC(F)C(=O)OCC1c2ccccc2-c2ccccc21. The van der Waals surface area contributed by atoms with E-state index in [1.807, 2.05) is 48.5 Å². The van der Waals surface area contributed by atoms with Crippen molar-refractivity contribution < 1.29 is 23.5 Å². The number of alkyl halides is 1. The lowest BCUT2D eigenvalue weighted by atomic mass is 9.98. The molecule has 1 atom stereocenters. The predicted molar refractivity (Wildman–Crippen MR) is 76.7 cm³/mol. The van der Waals surface area contributed by atoms with E-state index in [1.165, 1.54) is 0 Å². The molecule has 1 unspecified atom stereocenters. The molecule has 0 spiro atoms. The van der Waals surface area contributed by atoms with E-state index in [0.717, 1.165) is 22.3 Å². The fourth-order valence-corrected chi connectivity index (χ4v) is 2.77. The Hall–Kier alpha value is -2.69. The Morgan fingerprint density at radius 3 is 2.18 bits per heavy atom. The monoisotopic (exact) mass is 300 g/mol. The van der Waals surface area contributed by atoms with Gasteiger partial charge < -0.3 is 9.47 Å². The van der Waals surface area contributed by atoms with Crippen LogP contribution in [-0.4, -0.2) is 25.4 Å². The van der Waals surface area contributed by atoms with E-state index < -0.39 is 12.3 Å². The number of esters is 1. The molecular weight excluding hydrogens is 287 g/mol. The van der Waals surface area contributed by atoms with E-state index in [2.05, 4.69) is 4.74 Å². The van der Waals surface area contributed by atoms with E-state index >= 15 is 0 Å². The minimum atomic E-state index is -2.38. The lowest BCUT2D eigenvalue weighted by molar-refractivity contribution is -0.173. The molecule has 0 bridgehead atoms. The van der Waals surface area contributed by atoms with E-state index in [9.17, 15) is 14.0 Å². The third-order valence-corrected chi connectivity index (χ3v) is 3.72. The van der Waals surface area contributed by atoms with Gasteiger partial charge in [-0.2, -0.15) is 4.39 Å². The number of benzene rings is 2. The van der Waals surface area contributed by atoms with Crippen LogP contribution in [0.3, 0.4) is 0 Å². The first-order valence-corrected chi connectivity index (χ1v) is 6.80. The number of carbonyl (C=O) groups is 2. The number of carbonyl (C=O) groups excluding carboxylic acids is 2. The largest absolute Gasteiger partial charge is 0.460 e. The van der Waals surface area contributed by atoms with Crippen LogP contribution in [0.15, 0.2) is 48.5 Å². The molecule has 2 aromatic carbocycles. The van der Waals surface area contributed by atoms with Crippen molar-refractivity contribution in [2.45, 2.75) is 12.3 Å². The lowest BCUT2D eigenvalue weighted by Crippen LogP contribution is -2.23. The Bertz CT molecular complexity index is 668. The summed E-state index contributed by atoms with van der Waals surface area (Å²) in [6.45, 7) is -0.123. The fraction of sp³-hybridized carbons (Fsp3) is 0.176. The number of halogens is 1. The van der Waals surface area contributed by atoms with Crippen LogP contribution in [0.2, 0.25) is 0 Å². The van der Waals surface area contributed by atoms with Crippen molar-refractivity contribution in [3.63, 3.8) is 0 Å². The topological polar surface area (TPSA) is 52.6 Å². The van der Waals surface area contributed by atoms with Crippen LogP contribution < -0.4 is 0 Å². The third-order valence-electron chi connectivity index (χ3n) is 3.72. The first kappa shape index (κ1) is 14.3. The minimum Gasteiger partial charge on any atom is -0.460 e. The van der Waals surface area contributed by atoms with E-state index in [0.29, 0.717) is 0 Å². The second kappa shape index (κ2) is 5.97. The van der Waals surface area contributed by atoms with Gasteiger partial charge in [-0.15, -0.1) is 0 Å². The zero-order valence-corrected chi connectivity index (χ0v) is 11.6. The van der Waals surface area contributed by atoms with Crippen molar-refractivity contribution in [1.82, 2.24) is 0 Å². The average molecular weight is 300 g/mol. The standard InChI is InChI=1S/C17H13FO4/c18-16(22-10-19)17(20)21-9-15-13-7-3-1-5-11(13)12-6-2-4-8-14(12)15/h1-8,10,15-16H,9H2. The fourth-order valence-electron chi connectivity index (χ4n) is 2.77. The number of ether oxygens (including phenoxy) is 2. The van der Waals surface area contributed by atoms with Crippen molar-refractivity contribution in [1.29, 1.82) is 0 Å². The molecule has 0 fully saturated rings. The van der Waals surface area contributed by atoms with Crippen LogP contribution >= 0.6 is 0 Å². The van der Waals surface area contributed by atoms with Gasteiger partial charge in [0.15, 0.2) is 0 Å². The quantitative estimate of drug-likeness (QED) is 0.629. The van der Waals surface area contributed by atoms with Gasteiger partial charge in [-0.1, -0.05) is 48.5 Å². The highest BCUT2D eigenvalue weighted by Gasteiger charge is 2.30. The van der Waals surface area contributed by atoms with Crippen molar-refractivity contribution in [2.75, 3.05) is 6.61 Å². The minimum absolute atomic E-state index is 0.00447. The van der Waals surface area contributed by atoms with Gasteiger partial charge in [0.2, 0.25) is 0 Å². The maximum atomic E-state index is 13.1. The Morgan fingerprint density at radius 2 is 1.64 bits per heavy atom. The molecule has 0 aliphatic heterocycles. The van der Waals surface area contributed by atoms with Crippen LogP contribution in [-0.2, 0) is 19.1 Å². The van der Waals surface area contributed by atoms with Crippen LogP contribution in [0.4, 0.5) is 4.39 Å². The van der Waals surface area contributed by atoms with E-state index in [-0.39, 0.29) is 19.0 Å². The molecule has 1 aliphatic carbocycles. The normalized spacial score (nSPS) is 13.9. The number of fused-ring (bicyclic) bond motifs is 3. The van der Waals surface area contributed by atoms with Crippen LogP contribution in [0.5, 0.6) is 0 Å². The van der Waals surface area contributed by atoms with Crippen LogP contribution in [0.25, 0.3) is 11.1 Å². The molecule has 0 N–H and O–H groups in total. The van der Waals surface area contributed by atoms with Gasteiger partial charge >= 0.3 is 12.3 Å². The molecule has 5 heteroatoms. The lowest BCUT2D eigenvalue weighted by Gasteiger charge is -2.14. The first-order chi connectivity index (χ1) is 10.7. The molecule has 112 valence electrons. The van der Waals surface area contributed by atoms with Crippen molar-refractivity contribution >= 4 is 12.4 Å². The molecule has 0 amide bonds. The second-order valence-corrected chi connectivity index (χ2v) is 4.91. The van der Waals surface area contributed by atoms with Crippen molar-refractivity contribution in [2.24, 2.45) is 0 Å². The third kappa shape index (κ3) is 2.45. The summed E-state index contributed by atoms with van der Waals surface area (Å²) in [7, 11) is 0. The van der Waals surface area contributed by atoms with E-state index in [4.69, 9.17) is 4.74 Å². The van der Waals surface area contributed by atoms with Crippen molar-refractivity contribution in [3.05, 3.63) is 59.7 Å². The highest BCUT2D eigenvalue weighted by Crippen LogP contribution is 2.44. The molecule has 0 saturated heterocycles. The summed E-state index contributed by atoms with van der Waals surface area (Å²) in [4.78, 5) is 21.5. The maximum absolute atomic E-state index is 13.1. The Balaban J connectivity index is 1.82. The summed E-state index contributed by atoms with van der Waals surface area (Å²) < 4.78 is 22.0. The Labute approximate surface area is 126 Å². The molecule has 3 rings (SSSR count). The number of hydrogen-bond acceptors (Lipinski definition) is 4. The second-order valence-electron chi connectivity index (χ2n) is 4.91. The predicted octanol–water partition coefficient (Wildman–Crippen LogP) is 2.81. The first-order valence-electron chi connectivity index (χ1n) is 6.80. The maximum Gasteiger partial charge on any atom is 0.381 e. The summed E-state index contributed by atoms with van der Waals surface area (Å²) in [6, 6.07) is 15.6. The molecule has 0 saturated carbocycles. The summed E-state index contributed by atoms with van der Waals surface area (Å²) in [5, 5.41) is 0. The highest BCUT2D eigenvalue weighted by molar-refractivity contribution is 5.79. The number of rotatable bonds is 5. The molecule has 1 aliphatic rings. The van der Waals surface area contributed by atoms with Crippen LogP contribution in [0.1, 0.15) is 17.0 Å². The van der Waals surface area contributed by atoms with Gasteiger partial charge in [-0.3, -0.25) is 4.79 Å². The molecule has 0 radical (unpaired) electrons. The van der Waals surface area contributed by atoms with Gasteiger partial charge in [0.1, 0.15) is 6.61 Å². The summed E-state index contributed by atoms with van der Waals surface area (Å²) in [5.74, 6) is -1.35. The zero-order valence-electron chi connectivity index (χ0n) is 11.6. The molecule has 0 aromatic heterocycles. The number of hydrogen-bond donors (Lipinski definition) is 0. The zero-order chi connectivity index (χ0) is 15.5. The highest BCUT2D eigenvalue weighted by atomic mass is 19.1. The Kier molecular flexibility index (Phi) is 3.87. The van der Waals surface area contributed by atoms with Crippen LogP contribution in [0, 0.1) is 0 Å². The summed E-state index contributed by atoms with van der Waals surface area (Å²) in [6.07, 6.45) is -2.38. The molecular formula is C17H13FO4. The van der Waals surface area contributed by atoms with Crippen molar-refractivity contribution in [3.8, 4) is 11.1 Å². The molecule has 4 nitrogen and oxygen atoms in total. The van der Waals surface area contributed by atoms with Gasteiger partial charge in [0.25, 0.3) is 6.47 Å². The van der Waals surface area contributed by atoms with Gasteiger partial charge in [0, 0.05) is 5.92 Å². The summed E-state index contributed by atoms with van der Waals surface area (Å²) in [5.41, 5.74) is 4.23. The van der Waals surface area contributed by atoms with Gasteiger partial charge in [-0.25, -0.2) is 4.79 Å².